The van der Waals surface area contributed by atoms with Gasteiger partial charge in [0.05, 0.1) is 43.3 Å². The summed E-state index contributed by atoms with van der Waals surface area (Å²) in [6.07, 6.45) is 0.191. The Balaban J connectivity index is 2.01. The molecule has 1 saturated heterocycles. The molecule has 8 nitrogen and oxygen atoms in total. The average molecular weight is 336 g/mol. The van der Waals surface area contributed by atoms with Crippen LogP contribution in [-0.2, 0) is 28.0 Å². The van der Waals surface area contributed by atoms with Gasteiger partial charge in [-0.2, -0.15) is 5.10 Å². The number of hydrogen-bond acceptors (Lipinski definition) is 5. The van der Waals surface area contributed by atoms with Gasteiger partial charge in [0.2, 0.25) is 0 Å². The van der Waals surface area contributed by atoms with Gasteiger partial charge < -0.3 is 15.2 Å². The van der Waals surface area contributed by atoms with Crippen LogP contribution in [0, 0.1) is 0 Å². The molecule has 1 aromatic heterocycles. The van der Waals surface area contributed by atoms with E-state index < -0.39 is 23.1 Å². The number of hydrogen-bond donors (Lipinski definition) is 1. The predicted molar refractivity (Wildman–Crippen MR) is 85.6 cm³/mol. The molecule has 0 saturated carbocycles. The Morgan fingerprint density at radius 1 is 1.38 bits per heavy atom. The molecule has 2 N–H and O–H groups in total. The van der Waals surface area contributed by atoms with E-state index >= 15 is 0 Å². The highest BCUT2D eigenvalue weighted by atomic mass is 16.6. The molecule has 0 aliphatic carbocycles. The van der Waals surface area contributed by atoms with Crippen LogP contribution in [0.3, 0.4) is 0 Å². The highest BCUT2D eigenvalue weighted by Gasteiger charge is 2.50. The molecule has 1 fully saturated rings. The Kier molecular flexibility index (Phi) is 3.82. The zero-order valence-electron chi connectivity index (χ0n) is 14.6. The Bertz CT molecular complexity index is 685. The van der Waals surface area contributed by atoms with Gasteiger partial charge in [-0.05, 0) is 27.2 Å². The topological polar surface area (TPSA) is 99.7 Å². The summed E-state index contributed by atoms with van der Waals surface area (Å²) in [4.78, 5) is 26.1. The van der Waals surface area contributed by atoms with Gasteiger partial charge in [-0.15, -0.1) is 0 Å². The quantitative estimate of drug-likeness (QED) is 0.869. The summed E-state index contributed by atoms with van der Waals surface area (Å²) in [6, 6.07) is 0. The van der Waals surface area contributed by atoms with E-state index in [1.54, 1.807) is 4.90 Å². The Morgan fingerprint density at radius 2 is 2.04 bits per heavy atom. The molecule has 2 amide bonds. The van der Waals surface area contributed by atoms with Crippen LogP contribution in [0.2, 0.25) is 0 Å². The molecule has 1 spiro atoms. The van der Waals surface area contributed by atoms with Crippen LogP contribution in [0.1, 0.15) is 49.4 Å². The van der Waals surface area contributed by atoms with Crippen LogP contribution < -0.4 is 5.73 Å². The monoisotopic (exact) mass is 336 g/mol. The number of aromatic nitrogens is 2. The minimum absolute atomic E-state index is 0.252. The second kappa shape index (κ2) is 5.47. The number of ether oxygens (including phenoxy) is 2. The molecular weight excluding hydrogens is 312 g/mol. The van der Waals surface area contributed by atoms with Crippen LogP contribution in [-0.4, -0.2) is 52.0 Å². The number of nitrogens with two attached hydrogens (primary N) is 1. The number of fused-ring (bicyclic) bond motifs is 2. The number of carbonyl (C=O) groups is 2. The van der Waals surface area contributed by atoms with Crippen LogP contribution in [0.4, 0.5) is 4.79 Å². The summed E-state index contributed by atoms with van der Waals surface area (Å²) < 4.78 is 12.7. The summed E-state index contributed by atoms with van der Waals surface area (Å²) >= 11 is 0. The number of nitrogens with zero attached hydrogens (tertiary/aromatic N) is 3. The molecular formula is C16H24N4O4. The molecule has 0 bridgehead atoms. The lowest BCUT2D eigenvalue weighted by molar-refractivity contribution is -0.131. The van der Waals surface area contributed by atoms with Crippen molar-refractivity contribution >= 4 is 12.0 Å². The van der Waals surface area contributed by atoms with Crippen molar-refractivity contribution in [3.63, 3.8) is 0 Å². The summed E-state index contributed by atoms with van der Waals surface area (Å²) in [5.41, 5.74) is 6.29. The van der Waals surface area contributed by atoms with Gasteiger partial charge in [-0.1, -0.05) is 6.92 Å². The molecule has 3 heterocycles. The van der Waals surface area contributed by atoms with E-state index in [9.17, 15) is 9.59 Å². The lowest BCUT2D eigenvalue weighted by atomic mass is 9.93. The molecule has 132 valence electrons. The first kappa shape index (κ1) is 16.8. The molecule has 1 aromatic rings. The highest BCUT2D eigenvalue weighted by molar-refractivity contribution is 5.95. The van der Waals surface area contributed by atoms with Crippen LogP contribution in [0.15, 0.2) is 0 Å². The van der Waals surface area contributed by atoms with Gasteiger partial charge in [0, 0.05) is 0 Å². The second-order valence-corrected chi connectivity index (χ2v) is 7.45. The minimum Gasteiger partial charge on any atom is -0.444 e. The Labute approximate surface area is 140 Å². The van der Waals surface area contributed by atoms with E-state index in [2.05, 4.69) is 5.10 Å². The molecule has 8 heteroatoms. The Morgan fingerprint density at radius 3 is 2.50 bits per heavy atom. The Hall–Kier alpha value is -2.09. The zero-order chi connectivity index (χ0) is 17.7. The third-order valence-corrected chi connectivity index (χ3v) is 4.30. The van der Waals surface area contributed by atoms with Crippen molar-refractivity contribution < 1.29 is 19.1 Å². The van der Waals surface area contributed by atoms with Gasteiger partial charge in [0.25, 0.3) is 5.91 Å². The van der Waals surface area contributed by atoms with E-state index in [0.29, 0.717) is 43.1 Å². The molecule has 0 unspecified atom stereocenters. The second-order valence-electron chi connectivity index (χ2n) is 7.45. The fraction of sp³-hybridized carbons (Fsp3) is 0.688. The maximum atomic E-state index is 12.5. The van der Waals surface area contributed by atoms with E-state index in [-0.39, 0.29) is 6.54 Å². The van der Waals surface area contributed by atoms with Crippen LogP contribution >= 0.6 is 0 Å². The normalized spacial score (nSPS) is 18.9. The van der Waals surface area contributed by atoms with Crippen molar-refractivity contribution in [3.05, 3.63) is 17.0 Å². The van der Waals surface area contributed by atoms with Crippen molar-refractivity contribution in [2.24, 2.45) is 5.73 Å². The molecule has 0 aromatic carbocycles. The lowest BCUT2D eigenvalue weighted by Crippen LogP contribution is -2.63. The molecule has 2 aliphatic rings. The number of primary amides is 1. The average Bonchev–Trinajstić information content (AvgIpc) is 2.81. The summed E-state index contributed by atoms with van der Waals surface area (Å²) in [6.45, 7) is 8.99. The van der Waals surface area contributed by atoms with E-state index in [4.69, 9.17) is 15.2 Å². The van der Waals surface area contributed by atoms with Crippen LogP contribution in [0.5, 0.6) is 0 Å². The van der Waals surface area contributed by atoms with Crippen molar-refractivity contribution in [2.45, 2.75) is 51.8 Å². The number of carbonyl (C=O) groups excluding carboxylic acids is 2. The van der Waals surface area contributed by atoms with Gasteiger partial charge in [-0.25, -0.2) is 4.79 Å². The SMILES string of the molecule is CCc1nn2c(c1C(N)=O)CN(C(=O)OC(C)(C)C)CC21COC1. The molecule has 2 aliphatic heterocycles. The first-order chi connectivity index (χ1) is 11.2. The minimum atomic E-state index is -0.584. The van der Waals surface area contributed by atoms with E-state index in [1.807, 2.05) is 32.4 Å². The van der Waals surface area contributed by atoms with Gasteiger partial charge in [0.15, 0.2) is 0 Å². The summed E-state index contributed by atoms with van der Waals surface area (Å²) in [7, 11) is 0. The van der Waals surface area contributed by atoms with Crippen molar-refractivity contribution in [3.8, 4) is 0 Å². The first-order valence-corrected chi connectivity index (χ1v) is 8.13. The number of amides is 2. The van der Waals surface area contributed by atoms with Gasteiger partial charge >= 0.3 is 6.09 Å². The first-order valence-electron chi connectivity index (χ1n) is 8.13. The van der Waals surface area contributed by atoms with E-state index in [0.717, 1.165) is 0 Å². The molecule has 0 radical (unpaired) electrons. The smallest absolute Gasteiger partial charge is 0.410 e. The lowest BCUT2D eigenvalue weighted by Gasteiger charge is -2.48. The fourth-order valence-electron chi connectivity index (χ4n) is 3.24. The summed E-state index contributed by atoms with van der Waals surface area (Å²) in [5, 5.41) is 4.59. The molecule has 24 heavy (non-hydrogen) atoms. The van der Waals surface area contributed by atoms with Crippen LogP contribution in [0.25, 0.3) is 0 Å². The van der Waals surface area contributed by atoms with Crippen molar-refractivity contribution in [1.82, 2.24) is 14.7 Å². The number of aryl methyl sites for hydroxylation is 1. The number of rotatable bonds is 2. The fourth-order valence-corrected chi connectivity index (χ4v) is 3.24. The largest absolute Gasteiger partial charge is 0.444 e. The standard InChI is InChI=1S/C16H24N4O4/c1-5-10-12(13(17)21)11-6-19(14(22)24-15(2,3)4)7-16(8-23-9-16)20(11)18-10/h5-9H2,1-4H3,(H2,17,21). The summed E-state index contributed by atoms with van der Waals surface area (Å²) in [5.74, 6) is -0.519. The zero-order valence-corrected chi connectivity index (χ0v) is 14.6. The maximum absolute atomic E-state index is 12.5. The highest BCUT2D eigenvalue weighted by Crippen LogP contribution is 2.36. The van der Waals surface area contributed by atoms with Gasteiger partial charge in [0.1, 0.15) is 11.1 Å². The maximum Gasteiger partial charge on any atom is 0.410 e. The predicted octanol–water partition coefficient (Wildman–Crippen LogP) is 1.02. The van der Waals surface area contributed by atoms with Crippen molar-refractivity contribution in [2.75, 3.05) is 19.8 Å². The molecule has 3 rings (SSSR count). The third-order valence-electron chi connectivity index (χ3n) is 4.30. The molecule has 0 atom stereocenters. The van der Waals surface area contributed by atoms with E-state index in [1.165, 1.54) is 0 Å². The van der Waals surface area contributed by atoms with Gasteiger partial charge in [-0.3, -0.25) is 14.4 Å². The van der Waals surface area contributed by atoms with Crippen molar-refractivity contribution in [1.29, 1.82) is 0 Å². The third kappa shape index (κ3) is 2.64.